The van der Waals surface area contributed by atoms with Crippen molar-refractivity contribution in [3.05, 3.63) is 65.2 Å². The van der Waals surface area contributed by atoms with Gasteiger partial charge in [0.15, 0.2) is 0 Å². The number of halogens is 1. The molecule has 0 heterocycles. The standard InChI is InChI=1S/C16H16ClNO2/c17-14-7-4-8-15(12-14)20-10-9-18-16(19)11-13-5-2-1-3-6-13/h1-8,12H,9-11H2,(H,18,19). The number of rotatable bonds is 6. The quantitative estimate of drug-likeness (QED) is 0.830. The summed E-state index contributed by atoms with van der Waals surface area (Å²) in [5.41, 5.74) is 1.00. The lowest BCUT2D eigenvalue weighted by atomic mass is 10.1. The van der Waals surface area contributed by atoms with E-state index < -0.39 is 0 Å². The van der Waals surface area contributed by atoms with E-state index in [0.29, 0.717) is 30.3 Å². The van der Waals surface area contributed by atoms with Crippen LogP contribution in [0.5, 0.6) is 5.75 Å². The zero-order valence-electron chi connectivity index (χ0n) is 11.0. The van der Waals surface area contributed by atoms with Gasteiger partial charge in [0.05, 0.1) is 13.0 Å². The van der Waals surface area contributed by atoms with Gasteiger partial charge in [-0.1, -0.05) is 48.0 Å². The van der Waals surface area contributed by atoms with Crippen LogP contribution in [0.25, 0.3) is 0 Å². The number of benzene rings is 2. The lowest BCUT2D eigenvalue weighted by Crippen LogP contribution is -2.29. The van der Waals surface area contributed by atoms with E-state index in [2.05, 4.69) is 5.32 Å². The van der Waals surface area contributed by atoms with Gasteiger partial charge in [-0.25, -0.2) is 0 Å². The maximum atomic E-state index is 11.7. The second kappa shape index (κ2) is 7.56. The lowest BCUT2D eigenvalue weighted by Gasteiger charge is -2.08. The molecule has 1 N–H and O–H groups in total. The summed E-state index contributed by atoms with van der Waals surface area (Å²) in [5, 5.41) is 3.45. The minimum absolute atomic E-state index is 0.00843. The molecular formula is C16H16ClNO2. The van der Waals surface area contributed by atoms with Crippen molar-refractivity contribution in [2.75, 3.05) is 13.2 Å². The highest BCUT2D eigenvalue weighted by Gasteiger charge is 2.02. The average Bonchev–Trinajstić information content (AvgIpc) is 2.45. The van der Waals surface area contributed by atoms with Gasteiger partial charge >= 0.3 is 0 Å². The number of hydrogen-bond acceptors (Lipinski definition) is 2. The summed E-state index contributed by atoms with van der Waals surface area (Å²) < 4.78 is 5.49. The van der Waals surface area contributed by atoms with Crippen molar-refractivity contribution in [2.24, 2.45) is 0 Å². The second-order valence-corrected chi connectivity index (χ2v) is 4.75. The van der Waals surface area contributed by atoms with Crippen molar-refractivity contribution in [3.8, 4) is 5.75 Å². The molecule has 0 atom stereocenters. The molecule has 0 aliphatic rings. The van der Waals surface area contributed by atoms with Crippen LogP contribution in [0.2, 0.25) is 5.02 Å². The summed E-state index contributed by atoms with van der Waals surface area (Å²) in [6, 6.07) is 16.8. The van der Waals surface area contributed by atoms with Gasteiger partial charge in [0.1, 0.15) is 12.4 Å². The van der Waals surface area contributed by atoms with Gasteiger partial charge in [-0.2, -0.15) is 0 Å². The number of carbonyl (C=O) groups is 1. The SMILES string of the molecule is O=C(Cc1ccccc1)NCCOc1cccc(Cl)c1. The van der Waals surface area contributed by atoms with Crippen LogP contribution >= 0.6 is 11.6 Å². The predicted molar refractivity (Wildman–Crippen MR) is 80.1 cm³/mol. The summed E-state index contributed by atoms with van der Waals surface area (Å²) >= 11 is 5.85. The van der Waals surface area contributed by atoms with Crippen LogP contribution in [0.3, 0.4) is 0 Å². The van der Waals surface area contributed by atoms with Crippen LogP contribution in [0, 0.1) is 0 Å². The monoisotopic (exact) mass is 289 g/mol. The third-order valence-electron chi connectivity index (χ3n) is 2.70. The maximum Gasteiger partial charge on any atom is 0.224 e. The lowest BCUT2D eigenvalue weighted by molar-refractivity contribution is -0.120. The first-order chi connectivity index (χ1) is 9.74. The largest absolute Gasteiger partial charge is 0.492 e. The van der Waals surface area contributed by atoms with Crippen molar-refractivity contribution < 1.29 is 9.53 Å². The van der Waals surface area contributed by atoms with Gasteiger partial charge in [-0.05, 0) is 23.8 Å². The van der Waals surface area contributed by atoms with E-state index >= 15 is 0 Å². The smallest absolute Gasteiger partial charge is 0.224 e. The molecule has 0 aliphatic heterocycles. The Morgan fingerprint density at radius 2 is 1.90 bits per heavy atom. The molecular weight excluding hydrogens is 274 g/mol. The van der Waals surface area contributed by atoms with Crippen LogP contribution in [0.4, 0.5) is 0 Å². The fourth-order valence-corrected chi connectivity index (χ4v) is 1.94. The third kappa shape index (κ3) is 4.94. The van der Waals surface area contributed by atoms with E-state index in [-0.39, 0.29) is 5.91 Å². The summed E-state index contributed by atoms with van der Waals surface area (Å²) in [6.45, 7) is 0.888. The molecule has 0 bridgehead atoms. The van der Waals surface area contributed by atoms with Gasteiger partial charge < -0.3 is 10.1 Å². The molecule has 0 fully saturated rings. The van der Waals surface area contributed by atoms with Gasteiger partial charge in [0.2, 0.25) is 5.91 Å². The van der Waals surface area contributed by atoms with Crippen molar-refractivity contribution in [3.63, 3.8) is 0 Å². The molecule has 104 valence electrons. The summed E-state index contributed by atoms with van der Waals surface area (Å²) in [5.74, 6) is 0.695. The van der Waals surface area contributed by atoms with Crippen molar-refractivity contribution >= 4 is 17.5 Å². The zero-order valence-corrected chi connectivity index (χ0v) is 11.8. The molecule has 1 amide bonds. The van der Waals surface area contributed by atoms with Crippen LogP contribution in [-0.2, 0) is 11.2 Å². The zero-order chi connectivity index (χ0) is 14.2. The van der Waals surface area contributed by atoms with Crippen LogP contribution in [0.15, 0.2) is 54.6 Å². The molecule has 2 aromatic rings. The molecule has 20 heavy (non-hydrogen) atoms. The molecule has 2 rings (SSSR count). The van der Waals surface area contributed by atoms with Crippen LogP contribution in [-0.4, -0.2) is 19.1 Å². The van der Waals surface area contributed by atoms with Gasteiger partial charge in [-0.15, -0.1) is 0 Å². The van der Waals surface area contributed by atoms with E-state index in [0.717, 1.165) is 5.56 Å². The van der Waals surface area contributed by atoms with Gasteiger partial charge in [-0.3, -0.25) is 4.79 Å². The fourth-order valence-electron chi connectivity index (χ4n) is 1.76. The highest BCUT2D eigenvalue weighted by Crippen LogP contribution is 2.16. The highest BCUT2D eigenvalue weighted by atomic mass is 35.5. The van der Waals surface area contributed by atoms with Crippen molar-refractivity contribution in [1.82, 2.24) is 5.32 Å². The Morgan fingerprint density at radius 3 is 2.65 bits per heavy atom. The first-order valence-electron chi connectivity index (χ1n) is 6.43. The molecule has 0 saturated carbocycles. The minimum atomic E-state index is -0.00843. The molecule has 0 spiro atoms. The Labute approximate surface area is 123 Å². The number of hydrogen-bond donors (Lipinski definition) is 1. The summed E-state index contributed by atoms with van der Waals surface area (Å²) in [4.78, 5) is 11.7. The molecule has 3 nitrogen and oxygen atoms in total. The Balaban J connectivity index is 1.67. The normalized spacial score (nSPS) is 10.1. The van der Waals surface area contributed by atoms with Crippen molar-refractivity contribution in [2.45, 2.75) is 6.42 Å². The van der Waals surface area contributed by atoms with Crippen molar-refractivity contribution in [1.29, 1.82) is 0 Å². The van der Waals surface area contributed by atoms with E-state index in [9.17, 15) is 4.79 Å². The molecule has 0 unspecified atom stereocenters. The molecule has 0 saturated heterocycles. The van der Waals surface area contributed by atoms with Gasteiger partial charge in [0, 0.05) is 5.02 Å². The van der Waals surface area contributed by atoms with Crippen LogP contribution in [0.1, 0.15) is 5.56 Å². The Hall–Kier alpha value is -2.00. The Bertz CT molecular complexity index is 557. The first-order valence-corrected chi connectivity index (χ1v) is 6.81. The average molecular weight is 290 g/mol. The topological polar surface area (TPSA) is 38.3 Å². The van der Waals surface area contributed by atoms with E-state index in [1.807, 2.05) is 42.5 Å². The molecule has 0 radical (unpaired) electrons. The Kier molecular flexibility index (Phi) is 5.44. The molecule has 2 aromatic carbocycles. The maximum absolute atomic E-state index is 11.7. The first kappa shape index (κ1) is 14.4. The minimum Gasteiger partial charge on any atom is -0.492 e. The summed E-state index contributed by atoms with van der Waals surface area (Å²) in [6.07, 6.45) is 0.387. The summed E-state index contributed by atoms with van der Waals surface area (Å²) in [7, 11) is 0. The predicted octanol–water partition coefficient (Wildman–Crippen LogP) is 3.08. The fraction of sp³-hybridized carbons (Fsp3) is 0.188. The van der Waals surface area contributed by atoms with E-state index in [1.54, 1.807) is 12.1 Å². The number of ether oxygens (including phenoxy) is 1. The molecule has 4 heteroatoms. The Morgan fingerprint density at radius 1 is 1.10 bits per heavy atom. The number of nitrogens with one attached hydrogen (secondary N) is 1. The highest BCUT2D eigenvalue weighted by molar-refractivity contribution is 6.30. The van der Waals surface area contributed by atoms with E-state index in [4.69, 9.17) is 16.3 Å². The number of carbonyl (C=O) groups excluding carboxylic acids is 1. The van der Waals surface area contributed by atoms with Crippen LogP contribution < -0.4 is 10.1 Å². The third-order valence-corrected chi connectivity index (χ3v) is 2.93. The second-order valence-electron chi connectivity index (χ2n) is 4.32. The van der Waals surface area contributed by atoms with E-state index in [1.165, 1.54) is 0 Å². The molecule has 0 aliphatic carbocycles. The van der Waals surface area contributed by atoms with Gasteiger partial charge in [0.25, 0.3) is 0 Å². The number of amides is 1. The molecule has 0 aromatic heterocycles.